The first kappa shape index (κ1) is 23.8. The Hall–Kier alpha value is -3.34. The van der Waals surface area contributed by atoms with E-state index in [2.05, 4.69) is 25.4 Å². The lowest BCUT2D eigenvalue weighted by molar-refractivity contribution is -0.143. The number of carboxylic acids is 1. The summed E-state index contributed by atoms with van der Waals surface area (Å²) in [4.78, 5) is 20.4. The lowest BCUT2D eigenvalue weighted by Crippen LogP contribution is -2.29. The van der Waals surface area contributed by atoms with E-state index in [0.29, 0.717) is 53.8 Å². The van der Waals surface area contributed by atoms with Crippen LogP contribution in [0, 0.1) is 12.8 Å². The van der Waals surface area contributed by atoms with Crippen molar-refractivity contribution in [2.45, 2.75) is 71.7 Å². The predicted molar refractivity (Wildman–Crippen MR) is 120 cm³/mol. The van der Waals surface area contributed by atoms with Crippen molar-refractivity contribution in [3.8, 4) is 17.1 Å². The van der Waals surface area contributed by atoms with Crippen molar-refractivity contribution in [3.63, 3.8) is 0 Å². The standard InChI is InChI=1S/C23H30N6O5/c1-13(2)32-12-20-25-21(34-27-20)11-18-22(26-28-29(18)4)17-8-9-19(14(3)24-17)33-16-7-5-6-15(10-16)23(30)31/h8-9,13,15-16H,5-7,10-12H2,1-4H3,(H,30,31)/t15-,16-/m0/s1. The number of hydrogen-bond acceptors (Lipinski definition) is 9. The van der Waals surface area contributed by atoms with Crippen LogP contribution in [0.5, 0.6) is 5.75 Å². The quantitative estimate of drug-likeness (QED) is 0.496. The average Bonchev–Trinajstić information content (AvgIpc) is 3.41. The van der Waals surface area contributed by atoms with Gasteiger partial charge in [0.2, 0.25) is 5.89 Å². The fourth-order valence-electron chi connectivity index (χ4n) is 4.04. The molecule has 0 aliphatic heterocycles. The highest BCUT2D eigenvalue weighted by atomic mass is 16.5. The molecule has 1 N–H and O–H groups in total. The fourth-order valence-corrected chi connectivity index (χ4v) is 4.04. The molecule has 0 saturated heterocycles. The first-order valence-corrected chi connectivity index (χ1v) is 11.5. The summed E-state index contributed by atoms with van der Waals surface area (Å²) < 4.78 is 18.7. The van der Waals surface area contributed by atoms with Gasteiger partial charge < -0.3 is 19.1 Å². The van der Waals surface area contributed by atoms with Crippen LogP contribution in [0.25, 0.3) is 11.4 Å². The van der Waals surface area contributed by atoms with Gasteiger partial charge >= 0.3 is 5.97 Å². The van der Waals surface area contributed by atoms with E-state index in [1.807, 2.05) is 32.9 Å². The smallest absolute Gasteiger partial charge is 0.306 e. The number of aryl methyl sites for hydroxylation is 2. The number of rotatable bonds is 9. The molecule has 1 aliphatic rings. The summed E-state index contributed by atoms with van der Waals surface area (Å²) in [5.41, 5.74) is 2.77. The zero-order valence-electron chi connectivity index (χ0n) is 19.9. The maximum atomic E-state index is 11.3. The zero-order chi connectivity index (χ0) is 24.2. The largest absolute Gasteiger partial charge is 0.489 e. The minimum Gasteiger partial charge on any atom is -0.489 e. The van der Waals surface area contributed by atoms with Crippen LogP contribution in [0.4, 0.5) is 0 Å². The highest BCUT2D eigenvalue weighted by Crippen LogP contribution is 2.30. The van der Waals surface area contributed by atoms with Crippen LogP contribution in [0.2, 0.25) is 0 Å². The molecule has 34 heavy (non-hydrogen) atoms. The number of carbonyl (C=O) groups is 1. The van der Waals surface area contributed by atoms with E-state index in [-0.39, 0.29) is 24.7 Å². The summed E-state index contributed by atoms with van der Waals surface area (Å²) in [6.07, 6.45) is 3.20. The first-order chi connectivity index (χ1) is 16.3. The molecule has 0 spiro atoms. The average molecular weight is 471 g/mol. The third kappa shape index (κ3) is 5.58. The molecule has 1 aliphatic carbocycles. The zero-order valence-corrected chi connectivity index (χ0v) is 19.9. The summed E-state index contributed by atoms with van der Waals surface area (Å²) in [5.74, 6) is 0.474. The molecule has 0 aromatic carbocycles. The van der Waals surface area contributed by atoms with Crippen molar-refractivity contribution < 1.29 is 23.9 Å². The predicted octanol–water partition coefficient (Wildman–Crippen LogP) is 3.11. The molecule has 0 bridgehead atoms. The molecular weight excluding hydrogens is 440 g/mol. The topological polar surface area (TPSA) is 138 Å². The van der Waals surface area contributed by atoms with Crippen LogP contribution >= 0.6 is 0 Å². The van der Waals surface area contributed by atoms with Gasteiger partial charge in [0.1, 0.15) is 18.1 Å². The third-order valence-electron chi connectivity index (χ3n) is 5.87. The van der Waals surface area contributed by atoms with E-state index in [4.69, 9.17) is 14.0 Å². The van der Waals surface area contributed by atoms with Crippen molar-refractivity contribution in [3.05, 3.63) is 35.2 Å². The molecule has 3 aromatic rings. The van der Waals surface area contributed by atoms with Gasteiger partial charge in [0.25, 0.3) is 0 Å². The Morgan fingerprint density at radius 3 is 2.85 bits per heavy atom. The number of nitrogens with zero attached hydrogens (tertiary/aromatic N) is 6. The summed E-state index contributed by atoms with van der Waals surface area (Å²) in [6, 6.07) is 3.69. The van der Waals surface area contributed by atoms with Crippen LogP contribution in [-0.2, 0) is 29.6 Å². The summed E-state index contributed by atoms with van der Waals surface area (Å²) in [6.45, 7) is 6.04. The number of aromatic nitrogens is 6. The molecule has 3 aromatic heterocycles. The third-order valence-corrected chi connectivity index (χ3v) is 5.87. The number of aliphatic carboxylic acids is 1. The van der Waals surface area contributed by atoms with Crippen LogP contribution in [0.1, 0.15) is 62.6 Å². The highest BCUT2D eigenvalue weighted by molar-refractivity contribution is 5.70. The Labute approximate surface area is 197 Å². The van der Waals surface area contributed by atoms with Gasteiger partial charge in [-0.3, -0.25) is 9.48 Å². The van der Waals surface area contributed by atoms with Gasteiger partial charge in [0.05, 0.1) is 41.6 Å². The van der Waals surface area contributed by atoms with Crippen molar-refractivity contribution in [1.29, 1.82) is 0 Å². The molecule has 0 unspecified atom stereocenters. The fraction of sp³-hybridized carbons (Fsp3) is 0.565. The van der Waals surface area contributed by atoms with Crippen molar-refractivity contribution in [1.82, 2.24) is 30.1 Å². The van der Waals surface area contributed by atoms with Gasteiger partial charge in [0.15, 0.2) is 5.82 Å². The Morgan fingerprint density at radius 1 is 1.29 bits per heavy atom. The number of ether oxygens (including phenoxy) is 2. The monoisotopic (exact) mass is 470 g/mol. The van der Waals surface area contributed by atoms with Gasteiger partial charge in [-0.2, -0.15) is 4.98 Å². The Kier molecular flexibility index (Phi) is 7.20. The lowest BCUT2D eigenvalue weighted by Gasteiger charge is -2.27. The van der Waals surface area contributed by atoms with Gasteiger partial charge in [0, 0.05) is 7.05 Å². The van der Waals surface area contributed by atoms with Crippen molar-refractivity contribution in [2.24, 2.45) is 13.0 Å². The maximum absolute atomic E-state index is 11.3. The Balaban J connectivity index is 1.48. The van der Waals surface area contributed by atoms with Gasteiger partial charge in [-0.15, -0.1) is 5.10 Å². The normalized spacial score (nSPS) is 18.4. The van der Waals surface area contributed by atoms with Gasteiger partial charge in [-0.25, -0.2) is 4.98 Å². The van der Waals surface area contributed by atoms with E-state index in [9.17, 15) is 9.90 Å². The molecule has 1 fully saturated rings. The molecule has 1 saturated carbocycles. The molecule has 2 atom stereocenters. The van der Waals surface area contributed by atoms with Crippen molar-refractivity contribution in [2.75, 3.05) is 0 Å². The maximum Gasteiger partial charge on any atom is 0.306 e. The number of pyridine rings is 1. The second kappa shape index (κ2) is 10.3. The van der Waals surface area contributed by atoms with Crippen LogP contribution in [0.15, 0.2) is 16.7 Å². The Morgan fingerprint density at radius 2 is 2.12 bits per heavy atom. The minimum absolute atomic E-state index is 0.0767. The summed E-state index contributed by atoms with van der Waals surface area (Å²) in [7, 11) is 1.80. The van der Waals surface area contributed by atoms with Crippen molar-refractivity contribution >= 4 is 5.97 Å². The lowest BCUT2D eigenvalue weighted by atomic mass is 9.87. The van der Waals surface area contributed by atoms with E-state index in [1.54, 1.807) is 11.7 Å². The molecule has 0 amide bonds. The van der Waals surface area contributed by atoms with E-state index in [1.165, 1.54) is 0 Å². The summed E-state index contributed by atoms with van der Waals surface area (Å²) in [5, 5.41) is 21.7. The van der Waals surface area contributed by atoms with Crippen LogP contribution in [0.3, 0.4) is 0 Å². The summed E-state index contributed by atoms with van der Waals surface area (Å²) >= 11 is 0. The number of carboxylic acid groups (broad SMARTS) is 1. The molecule has 3 heterocycles. The van der Waals surface area contributed by atoms with E-state index < -0.39 is 5.97 Å². The highest BCUT2D eigenvalue weighted by Gasteiger charge is 2.28. The molecule has 4 rings (SSSR count). The molecule has 182 valence electrons. The number of hydrogen-bond donors (Lipinski definition) is 1. The molecule has 11 heteroatoms. The molecule has 0 radical (unpaired) electrons. The SMILES string of the molecule is Cc1nc(-c2nnn(C)c2Cc2nc(COC(C)C)no2)ccc1O[C@H]1CCC[C@H](C(=O)O)C1. The van der Waals surface area contributed by atoms with E-state index >= 15 is 0 Å². The van der Waals surface area contributed by atoms with E-state index in [0.717, 1.165) is 18.5 Å². The van der Waals surface area contributed by atoms with Gasteiger partial charge in [-0.1, -0.05) is 10.4 Å². The van der Waals surface area contributed by atoms with Gasteiger partial charge in [-0.05, 0) is 58.6 Å². The molecule has 11 nitrogen and oxygen atoms in total. The Bertz CT molecular complexity index is 1140. The minimum atomic E-state index is -0.755. The second-order valence-electron chi connectivity index (χ2n) is 8.87. The van der Waals surface area contributed by atoms with Crippen LogP contribution < -0.4 is 4.74 Å². The first-order valence-electron chi connectivity index (χ1n) is 11.5. The van der Waals surface area contributed by atoms with Crippen LogP contribution in [-0.4, -0.2) is 53.4 Å². The molecular formula is C23H30N6O5. The second-order valence-corrected chi connectivity index (χ2v) is 8.87.